The van der Waals surface area contributed by atoms with E-state index in [-0.39, 0.29) is 5.91 Å². The molecule has 1 saturated carbocycles. The van der Waals surface area contributed by atoms with Gasteiger partial charge in [0.05, 0.1) is 0 Å². The van der Waals surface area contributed by atoms with Gasteiger partial charge in [0.25, 0.3) is 5.91 Å². The highest BCUT2D eigenvalue weighted by atomic mass is 16.1. The van der Waals surface area contributed by atoms with E-state index >= 15 is 0 Å². The average molecular weight is 447 g/mol. The van der Waals surface area contributed by atoms with Crippen LogP contribution < -0.4 is 16.0 Å². The SMILES string of the molecule is CCN(c1cccc2c1C/C=C/CCc1cc(C)nc(C)c1CNC2=O)C1CCC(N)CC1. The van der Waals surface area contributed by atoms with Crippen LogP contribution in [0.2, 0.25) is 0 Å². The van der Waals surface area contributed by atoms with Gasteiger partial charge in [0.2, 0.25) is 0 Å². The van der Waals surface area contributed by atoms with E-state index < -0.39 is 0 Å². The largest absolute Gasteiger partial charge is 0.369 e. The zero-order valence-corrected chi connectivity index (χ0v) is 20.4. The maximum absolute atomic E-state index is 13.4. The highest BCUT2D eigenvalue weighted by Gasteiger charge is 2.26. The number of pyridine rings is 1. The van der Waals surface area contributed by atoms with Gasteiger partial charge in [0, 0.05) is 47.8 Å². The van der Waals surface area contributed by atoms with Crippen LogP contribution in [-0.2, 0) is 19.4 Å². The van der Waals surface area contributed by atoms with E-state index in [1.807, 2.05) is 26.0 Å². The van der Waals surface area contributed by atoms with E-state index in [2.05, 4.69) is 46.4 Å². The van der Waals surface area contributed by atoms with Crippen LogP contribution in [0.3, 0.4) is 0 Å². The van der Waals surface area contributed by atoms with E-state index in [1.165, 1.54) is 11.3 Å². The van der Waals surface area contributed by atoms with Crippen molar-refractivity contribution in [3.05, 3.63) is 70.1 Å². The molecule has 1 aliphatic heterocycles. The number of hydrogen-bond donors (Lipinski definition) is 2. The molecule has 2 heterocycles. The second kappa shape index (κ2) is 10.5. The Balaban J connectivity index is 1.68. The molecule has 0 bridgehead atoms. The molecular weight excluding hydrogens is 408 g/mol. The lowest BCUT2D eigenvalue weighted by atomic mass is 9.89. The Labute approximate surface area is 198 Å². The fourth-order valence-electron chi connectivity index (χ4n) is 5.53. The molecule has 1 aliphatic carbocycles. The number of amides is 1. The minimum Gasteiger partial charge on any atom is -0.369 e. The van der Waals surface area contributed by atoms with E-state index in [9.17, 15) is 4.79 Å². The number of benzene rings is 1. The predicted molar refractivity (Wildman–Crippen MR) is 136 cm³/mol. The number of allylic oxidation sites excluding steroid dienone is 2. The molecule has 3 N–H and O–H groups in total. The summed E-state index contributed by atoms with van der Waals surface area (Å²) < 4.78 is 0. The van der Waals surface area contributed by atoms with Crippen molar-refractivity contribution >= 4 is 11.6 Å². The molecule has 0 saturated heterocycles. The zero-order chi connectivity index (χ0) is 23.4. The van der Waals surface area contributed by atoms with Crippen LogP contribution in [0.25, 0.3) is 0 Å². The molecule has 1 amide bonds. The smallest absolute Gasteiger partial charge is 0.251 e. The quantitative estimate of drug-likeness (QED) is 0.666. The fourth-order valence-corrected chi connectivity index (χ4v) is 5.53. The summed E-state index contributed by atoms with van der Waals surface area (Å²) in [6.45, 7) is 7.74. The van der Waals surface area contributed by atoms with Crippen molar-refractivity contribution in [1.29, 1.82) is 0 Å². The molecule has 2 aliphatic rings. The standard InChI is InChI=1S/C28H38N4O/c1-4-32(23-15-13-22(29)14-16-23)27-12-8-11-25-24(27)10-7-5-6-9-21-17-19(2)31-20(3)26(21)18-30-28(25)33/h5,7-8,11-12,17,22-23H,4,6,9-10,13-16,18,29H2,1-3H3,(H,30,33)/b7-5+. The summed E-state index contributed by atoms with van der Waals surface area (Å²) in [5.41, 5.74) is 13.7. The highest BCUT2D eigenvalue weighted by Crippen LogP contribution is 2.32. The second-order valence-corrected chi connectivity index (χ2v) is 9.54. The van der Waals surface area contributed by atoms with Crippen molar-refractivity contribution in [2.45, 2.75) is 84.3 Å². The Morgan fingerprint density at radius 2 is 1.91 bits per heavy atom. The van der Waals surface area contributed by atoms with Crippen LogP contribution in [-0.4, -0.2) is 29.5 Å². The van der Waals surface area contributed by atoms with E-state index in [4.69, 9.17) is 5.73 Å². The van der Waals surface area contributed by atoms with Crippen LogP contribution in [0, 0.1) is 13.8 Å². The molecule has 4 rings (SSSR count). The van der Waals surface area contributed by atoms with Crippen molar-refractivity contribution in [3.63, 3.8) is 0 Å². The third-order valence-electron chi connectivity index (χ3n) is 7.27. The van der Waals surface area contributed by atoms with Crippen molar-refractivity contribution in [1.82, 2.24) is 10.3 Å². The highest BCUT2D eigenvalue weighted by molar-refractivity contribution is 5.97. The molecular formula is C28H38N4O. The summed E-state index contributed by atoms with van der Waals surface area (Å²) in [5, 5.41) is 3.20. The summed E-state index contributed by atoms with van der Waals surface area (Å²) in [6.07, 6.45) is 11.6. The van der Waals surface area contributed by atoms with Crippen molar-refractivity contribution in [2.24, 2.45) is 5.73 Å². The van der Waals surface area contributed by atoms with Crippen LogP contribution in [0.5, 0.6) is 0 Å². The van der Waals surface area contributed by atoms with Gasteiger partial charge in [-0.15, -0.1) is 0 Å². The summed E-state index contributed by atoms with van der Waals surface area (Å²) >= 11 is 0. The normalized spacial score (nSPS) is 22.2. The molecule has 0 unspecified atom stereocenters. The molecule has 0 atom stereocenters. The first-order valence-electron chi connectivity index (χ1n) is 12.5. The zero-order valence-electron chi connectivity index (χ0n) is 20.4. The van der Waals surface area contributed by atoms with Crippen molar-refractivity contribution < 1.29 is 4.79 Å². The van der Waals surface area contributed by atoms with Gasteiger partial charge >= 0.3 is 0 Å². The molecule has 5 nitrogen and oxygen atoms in total. The Hall–Kier alpha value is -2.66. The summed E-state index contributed by atoms with van der Waals surface area (Å²) in [6, 6.07) is 9.17. The molecule has 1 fully saturated rings. The third-order valence-corrected chi connectivity index (χ3v) is 7.27. The number of aryl methyl sites for hydroxylation is 3. The lowest BCUT2D eigenvalue weighted by Crippen LogP contribution is -2.41. The first kappa shape index (κ1) is 23.5. The number of nitrogens with one attached hydrogen (secondary N) is 1. The van der Waals surface area contributed by atoms with Crippen molar-refractivity contribution in [2.75, 3.05) is 11.4 Å². The molecule has 33 heavy (non-hydrogen) atoms. The molecule has 1 aromatic carbocycles. The number of carbonyl (C=O) groups is 1. The lowest BCUT2D eigenvalue weighted by Gasteiger charge is -2.38. The average Bonchev–Trinajstić information content (AvgIpc) is 2.79. The molecule has 5 heteroatoms. The van der Waals surface area contributed by atoms with Gasteiger partial charge in [-0.25, -0.2) is 0 Å². The van der Waals surface area contributed by atoms with Gasteiger partial charge in [-0.2, -0.15) is 0 Å². The Morgan fingerprint density at radius 3 is 2.67 bits per heavy atom. The van der Waals surface area contributed by atoms with Crippen molar-refractivity contribution in [3.8, 4) is 0 Å². The summed E-state index contributed by atoms with van der Waals surface area (Å²) in [5.74, 6) is -0.00605. The van der Waals surface area contributed by atoms with Gasteiger partial charge < -0.3 is 16.0 Å². The fraction of sp³-hybridized carbons (Fsp3) is 0.500. The molecule has 0 radical (unpaired) electrons. The van der Waals surface area contributed by atoms with Gasteiger partial charge in [-0.05, 0) is 101 Å². The van der Waals surface area contributed by atoms with Crippen LogP contribution >= 0.6 is 0 Å². The topological polar surface area (TPSA) is 71.2 Å². The molecule has 1 aromatic heterocycles. The number of fused-ring (bicyclic) bond motifs is 2. The van der Waals surface area contributed by atoms with Gasteiger partial charge in [0.15, 0.2) is 0 Å². The number of carbonyl (C=O) groups excluding carboxylic acids is 1. The Bertz CT molecular complexity index is 1020. The Morgan fingerprint density at radius 1 is 1.12 bits per heavy atom. The number of nitrogens with two attached hydrogens (primary N) is 1. The predicted octanol–water partition coefficient (Wildman–Crippen LogP) is 4.77. The van der Waals surface area contributed by atoms with Crippen LogP contribution in [0.1, 0.15) is 77.5 Å². The van der Waals surface area contributed by atoms with E-state index in [0.717, 1.165) is 79.6 Å². The molecule has 2 aromatic rings. The minimum atomic E-state index is -0.00605. The van der Waals surface area contributed by atoms with Gasteiger partial charge in [-0.1, -0.05) is 18.2 Å². The maximum atomic E-state index is 13.4. The van der Waals surface area contributed by atoms with Gasteiger partial charge in [-0.3, -0.25) is 9.78 Å². The van der Waals surface area contributed by atoms with Crippen LogP contribution in [0.15, 0.2) is 36.4 Å². The van der Waals surface area contributed by atoms with Gasteiger partial charge in [0.1, 0.15) is 0 Å². The summed E-state index contributed by atoms with van der Waals surface area (Å²) in [4.78, 5) is 20.6. The monoisotopic (exact) mass is 446 g/mol. The van der Waals surface area contributed by atoms with Crippen LogP contribution in [0.4, 0.5) is 5.69 Å². The number of rotatable bonds is 3. The lowest BCUT2D eigenvalue weighted by molar-refractivity contribution is 0.0950. The minimum absolute atomic E-state index is 0.00605. The number of anilines is 1. The molecule has 0 spiro atoms. The maximum Gasteiger partial charge on any atom is 0.251 e. The number of hydrogen-bond acceptors (Lipinski definition) is 4. The van der Waals surface area contributed by atoms with E-state index in [0.29, 0.717) is 18.6 Å². The second-order valence-electron chi connectivity index (χ2n) is 9.54. The number of aromatic nitrogens is 1. The number of nitrogens with zero attached hydrogens (tertiary/aromatic N) is 2. The Kier molecular flexibility index (Phi) is 7.49. The first-order valence-corrected chi connectivity index (χ1v) is 12.5. The third kappa shape index (κ3) is 5.30. The first-order chi connectivity index (χ1) is 16.0. The van der Waals surface area contributed by atoms with E-state index in [1.54, 1.807) is 0 Å². The summed E-state index contributed by atoms with van der Waals surface area (Å²) in [7, 11) is 0. The molecule has 176 valence electrons.